The van der Waals surface area contributed by atoms with Crippen LogP contribution in [0.1, 0.15) is 25.0 Å². The Morgan fingerprint density at radius 1 is 0.468 bits per heavy atom. The van der Waals surface area contributed by atoms with Gasteiger partial charge in [0.05, 0.1) is 11.4 Å². The number of hydrogen-bond donors (Lipinski definition) is 0. The van der Waals surface area contributed by atoms with E-state index in [1.807, 2.05) is 66.7 Å². The van der Waals surface area contributed by atoms with Gasteiger partial charge < -0.3 is 9.32 Å². The van der Waals surface area contributed by atoms with Gasteiger partial charge in [-0.05, 0) is 47.5 Å². The number of aromatic nitrogens is 3. The second kappa shape index (κ2) is 10.5. The molecule has 3 heterocycles. The smallest absolute Gasteiger partial charge is 0.164 e. The molecule has 0 saturated heterocycles. The van der Waals surface area contributed by atoms with E-state index in [1.54, 1.807) is 0 Å². The monoisotopic (exact) mass is 606 g/mol. The van der Waals surface area contributed by atoms with Gasteiger partial charge in [-0.15, -0.1) is 0 Å². The Morgan fingerprint density at radius 2 is 0.936 bits per heavy atom. The number of furan rings is 1. The van der Waals surface area contributed by atoms with Crippen LogP contribution >= 0.6 is 0 Å². The summed E-state index contributed by atoms with van der Waals surface area (Å²) >= 11 is 0. The van der Waals surface area contributed by atoms with E-state index in [0.29, 0.717) is 17.5 Å². The van der Waals surface area contributed by atoms with Crippen LogP contribution in [-0.2, 0) is 5.41 Å². The lowest BCUT2D eigenvalue weighted by molar-refractivity contribution is 0.632. The highest BCUT2D eigenvalue weighted by Gasteiger charge is 2.36. The first kappa shape index (κ1) is 27.3. The van der Waals surface area contributed by atoms with E-state index in [4.69, 9.17) is 19.4 Å². The number of fused-ring (bicyclic) bond motifs is 5. The lowest BCUT2D eigenvalue weighted by Gasteiger charge is -2.41. The molecule has 0 amide bonds. The molecular weight excluding hydrogens is 576 g/mol. The molecule has 224 valence electrons. The first-order valence-electron chi connectivity index (χ1n) is 15.9. The van der Waals surface area contributed by atoms with E-state index in [0.717, 1.165) is 44.3 Å². The summed E-state index contributed by atoms with van der Waals surface area (Å²) in [4.78, 5) is 17.0. The van der Waals surface area contributed by atoms with Gasteiger partial charge in [0.25, 0.3) is 0 Å². The topological polar surface area (TPSA) is 55.1 Å². The Bertz CT molecular complexity index is 2340. The molecule has 0 unspecified atom stereocenters. The fourth-order valence-electron chi connectivity index (χ4n) is 6.93. The fourth-order valence-corrected chi connectivity index (χ4v) is 6.93. The maximum Gasteiger partial charge on any atom is 0.164 e. The Labute approximate surface area is 272 Å². The molecule has 9 rings (SSSR count). The zero-order valence-corrected chi connectivity index (χ0v) is 26.1. The first-order valence-corrected chi connectivity index (χ1v) is 15.9. The molecule has 0 aliphatic carbocycles. The Hall–Kier alpha value is -6.07. The minimum Gasteiger partial charge on any atom is -0.456 e. The second-order valence-corrected chi connectivity index (χ2v) is 12.5. The average molecular weight is 607 g/mol. The summed E-state index contributed by atoms with van der Waals surface area (Å²) in [5.74, 6) is 1.87. The molecule has 0 spiro atoms. The maximum absolute atomic E-state index is 6.59. The molecule has 0 radical (unpaired) electrons. The van der Waals surface area contributed by atoms with Gasteiger partial charge in [-0.3, -0.25) is 0 Å². The van der Waals surface area contributed by atoms with Gasteiger partial charge in [-0.1, -0.05) is 117 Å². The van der Waals surface area contributed by atoms with Crippen LogP contribution < -0.4 is 4.90 Å². The maximum atomic E-state index is 6.59. The van der Waals surface area contributed by atoms with E-state index < -0.39 is 0 Å². The lowest BCUT2D eigenvalue weighted by atomic mass is 9.73. The van der Waals surface area contributed by atoms with Crippen LogP contribution in [0.15, 0.2) is 150 Å². The zero-order chi connectivity index (χ0) is 31.5. The molecule has 0 N–H and O–H groups in total. The predicted octanol–water partition coefficient (Wildman–Crippen LogP) is 10.9. The van der Waals surface area contributed by atoms with Gasteiger partial charge in [0, 0.05) is 44.6 Å². The molecule has 5 heteroatoms. The van der Waals surface area contributed by atoms with E-state index in [9.17, 15) is 0 Å². The van der Waals surface area contributed by atoms with Crippen molar-refractivity contribution in [2.24, 2.45) is 0 Å². The molecule has 6 aromatic carbocycles. The Morgan fingerprint density at radius 3 is 1.51 bits per heavy atom. The number of para-hydroxylation sites is 2. The van der Waals surface area contributed by atoms with Crippen molar-refractivity contribution in [1.82, 2.24) is 15.0 Å². The van der Waals surface area contributed by atoms with Crippen LogP contribution in [0.3, 0.4) is 0 Å². The number of anilines is 3. The summed E-state index contributed by atoms with van der Waals surface area (Å²) in [6.45, 7) is 4.61. The predicted molar refractivity (Wildman–Crippen MR) is 190 cm³/mol. The molecule has 0 bridgehead atoms. The van der Waals surface area contributed by atoms with Gasteiger partial charge in [-0.2, -0.15) is 0 Å². The van der Waals surface area contributed by atoms with Gasteiger partial charge >= 0.3 is 0 Å². The highest BCUT2D eigenvalue weighted by atomic mass is 16.3. The summed E-state index contributed by atoms with van der Waals surface area (Å²) in [5, 5.41) is 2.12. The highest BCUT2D eigenvalue weighted by molar-refractivity contribution is 6.07. The van der Waals surface area contributed by atoms with Crippen molar-refractivity contribution < 1.29 is 4.42 Å². The second-order valence-electron chi connectivity index (χ2n) is 12.5. The van der Waals surface area contributed by atoms with Crippen molar-refractivity contribution >= 4 is 39.0 Å². The first-order chi connectivity index (χ1) is 23.0. The van der Waals surface area contributed by atoms with Crippen molar-refractivity contribution in [3.05, 3.63) is 157 Å². The molecule has 47 heavy (non-hydrogen) atoms. The summed E-state index contributed by atoms with van der Waals surface area (Å²) in [6.07, 6.45) is 0. The van der Waals surface area contributed by atoms with Gasteiger partial charge in [0.2, 0.25) is 0 Å². The molecule has 0 atom stereocenters. The molecule has 1 aliphatic heterocycles. The third kappa shape index (κ3) is 4.43. The largest absolute Gasteiger partial charge is 0.456 e. The molecule has 0 fully saturated rings. The van der Waals surface area contributed by atoms with Crippen LogP contribution in [0, 0.1) is 0 Å². The van der Waals surface area contributed by atoms with Crippen molar-refractivity contribution in [2.45, 2.75) is 19.3 Å². The zero-order valence-electron chi connectivity index (χ0n) is 26.1. The minimum absolute atomic E-state index is 0.112. The number of nitrogens with zero attached hydrogens (tertiary/aromatic N) is 4. The van der Waals surface area contributed by atoms with Gasteiger partial charge in [0.1, 0.15) is 11.2 Å². The molecular formula is C42H30N4O. The number of benzene rings is 6. The van der Waals surface area contributed by atoms with Gasteiger partial charge in [0.15, 0.2) is 17.5 Å². The van der Waals surface area contributed by atoms with Crippen molar-refractivity contribution in [3.8, 4) is 34.2 Å². The lowest BCUT2D eigenvalue weighted by Crippen LogP contribution is -2.30. The van der Waals surface area contributed by atoms with E-state index in [2.05, 4.69) is 97.6 Å². The number of rotatable bonds is 4. The third-order valence-electron chi connectivity index (χ3n) is 9.31. The summed E-state index contributed by atoms with van der Waals surface area (Å²) in [6, 6.07) is 50.2. The summed E-state index contributed by atoms with van der Waals surface area (Å²) < 4.78 is 6.59. The molecule has 1 aliphatic rings. The van der Waals surface area contributed by atoms with E-state index in [-0.39, 0.29) is 5.41 Å². The Balaban J connectivity index is 1.17. The Kier molecular flexibility index (Phi) is 6.09. The van der Waals surface area contributed by atoms with E-state index >= 15 is 0 Å². The standard InChI is InChI=1S/C42H30N4O/c1-42(2)33-17-9-11-19-35(33)46(36-20-12-10-18-34(36)42)30-22-24-32-31-23-21-29(25-37(31)47-38(32)26-30)41-44-39(27-13-5-3-6-14-27)43-40(45-41)28-15-7-4-8-16-28/h3-26H,1-2H3. The van der Waals surface area contributed by atoms with E-state index in [1.165, 1.54) is 22.5 Å². The average Bonchev–Trinajstić information content (AvgIpc) is 3.49. The van der Waals surface area contributed by atoms with Crippen LogP contribution in [-0.4, -0.2) is 15.0 Å². The molecule has 0 saturated carbocycles. The van der Waals surface area contributed by atoms with Crippen LogP contribution in [0.4, 0.5) is 17.1 Å². The molecule has 8 aromatic rings. The fraction of sp³-hybridized carbons (Fsp3) is 0.0714. The van der Waals surface area contributed by atoms with Crippen molar-refractivity contribution in [2.75, 3.05) is 4.90 Å². The summed E-state index contributed by atoms with van der Waals surface area (Å²) in [7, 11) is 0. The van der Waals surface area contributed by atoms with Crippen molar-refractivity contribution in [3.63, 3.8) is 0 Å². The SMILES string of the molecule is CC1(C)c2ccccc2N(c2ccc3c(c2)oc2cc(-c4nc(-c5ccccc5)nc(-c5ccccc5)n4)ccc23)c2ccccc21. The quantitative estimate of drug-likeness (QED) is 0.199. The summed E-state index contributed by atoms with van der Waals surface area (Å²) in [5.41, 5.74) is 10.3. The normalized spacial score (nSPS) is 13.4. The van der Waals surface area contributed by atoms with Crippen LogP contribution in [0.25, 0.3) is 56.1 Å². The number of hydrogen-bond acceptors (Lipinski definition) is 5. The highest BCUT2D eigenvalue weighted by Crippen LogP contribution is 2.52. The van der Waals surface area contributed by atoms with Gasteiger partial charge in [-0.25, -0.2) is 15.0 Å². The minimum atomic E-state index is -0.112. The third-order valence-corrected chi connectivity index (χ3v) is 9.31. The van der Waals surface area contributed by atoms with Crippen molar-refractivity contribution in [1.29, 1.82) is 0 Å². The molecule has 5 nitrogen and oxygen atoms in total. The van der Waals surface area contributed by atoms with Crippen LogP contribution in [0.5, 0.6) is 0 Å². The van der Waals surface area contributed by atoms with Crippen LogP contribution in [0.2, 0.25) is 0 Å². The molecule has 2 aromatic heterocycles.